The van der Waals surface area contributed by atoms with Crippen molar-refractivity contribution in [2.75, 3.05) is 6.61 Å². The van der Waals surface area contributed by atoms with Gasteiger partial charge in [0.15, 0.2) is 0 Å². The maximum atomic E-state index is 12.1. The first kappa shape index (κ1) is 19.3. The molecule has 5 rings (SSSR count). The predicted octanol–water partition coefficient (Wildman–Crippen LogP) is 2.80. The van der Waals surface area contributed by atoms with Crippen LogP contribution in [-0.2, 0) is 9.53 Å². The number of cyclic esters (lactones) is 1. The summed E-state index contributed by atoms with van der Waals surface area (Å²) in [6.45, 7) is 4.99. The van der Waals surface area contributed by atoms with Crippen LogP contribution in [0.15, 0.2) is 0 Å². The van der Waals surface area contributed by atoms with Gasteiger partial charge in [-0.2, -0.15) is 0 Å². The molecular formula is C23H36O5. The molecule has 0 bridgehead atoms. The van der Waals surface area contributed by atoms with E-state index in [1.54, 1.807) is 0 Å². The van der Waals surface area contributed by atoms with Crippen molar-refractivity contribution in [1.82, 2.24) is 0 Å². The molecule has 1 heterocycles. The number of fused-ring (bicyclic) bond motifs is 5. The van der Waals surface area contributed by atoms with Gasteiger partial charge in [0.05, 0.1) is 30.3 Å². The van der Waals surface area contributed by atoms with Gasteiger partial charge in [0.2, 0.25) is 0 Å². The summed E-state index contributed by atoms with van der Waals surface area (Å²) in [5, 5.41) is 33.8. The molecule has 5 fully saturated rings. The predicted molar refractivity (Wildman–Crippen MR) is 103 cm³/mol. The fraction of sp³-hybridized carbons (Fsp3) is 0.957. The fourth-order valence-electron chi connectivity index (χ4n) is 8.79. The van der Waals surface area contributed by atoms with E-state index in [-0.39, 0.29) is 28.6 Å². The lowest BCUT2D eigenvalue weighted by molar-refractivity contribution is -0.257. The number of carbonyl (C=O) groups excluding carboxylic acids is 1. The Morgan fingerprint density at radius 2 is 1.57 bits per heavy atom. The van der Waals surface area contributed by atoms with Crippen LogP contribution in [0.2, 0.25) is 0 Å². The van der Waals surface area contributed by atoms with Gasteiger partial charge in [-0.15, -0.1) is 0 Å². The molecule has 5 heteroatoms. The van der Waals surface area contributed by atoms with Crippen LogP contribution in [0.1, 0.15) is 78.1 Å². The second-order valence-electron chi connectivity index (χ2n) is 11.3. The van der Waals surface area contributed by atoms with Crippen molar-refractivity contribution in [2.45, 2.75) is 95.4 Å². The number of aliphatic hydroxyl groups is 3. The van der Waals surface area contributed by atoms with Crippen LogP contribution < -0.4 is 0 Å². The molecule has 28 heavy (non-hydrogen) atoms. The summed E-state index contributed by atoms with van der Waals surface area (Å²) in [5.74, 6) is 0.997. The zero-order chi connectivity index (χ0) is 19.9. The Balaban J connectivity index is 1.46. The number of hydrogen-bond donors (Lipinski definition) is 3. The number of hydrogen-bond acceptors (Lipinski definition) is 5. The third-order valence-corrected chi connectivity index (χ3v) is 10.5. The number of esters is 1. The molecule has 4 saturated carbocycles. The summed E-state index contributed by atoms with van der Waals surface area (Å²) in [6, 6.07) is 0. The van der Waals surface area contributed by atoms with Gasteiger partial charge in [0.25, 0.3) is 0 Å². The van der Waals surface area contributed by atoms with Crippen LogP contribution in [0.5, 0.6) is 0 Å². The van der Waals surface area contributed by atoms with Crippen LogP contribution in [0, 0.1) is 34.5 Å². The second-order valence-corrected chi connectivity index (χ2v) is 11.3. The number of carbonyl (C=O) groups is 1. The molecule has 0 aromatic carbocycles. The van der Waals surface area contributed by atoms with Gasteiger partial charge in [0, 0.05) is 12.3 Å². The lowest BCUT2D eigenvalue weighted by Gasteiger charge is -2.66. The maximum Gasteiger partial charge on any atom is 0.306 e. The van der Waals surface area contributed by atoms with Crippen molar-refractivity contribution in [3.8, 4) is 0 Å². The van der Waals surface area contributed by atoms with E-state index in [2.05, 4.69) is 13.8 Å². The molecule has 0 amide bonds. The largest absolute Gasteiger partial charge is 0.465 e. The van der Waals surface area contributed by atoms with Gasteiger partial charge in [-0.1, -0.05) is 13.8 Å². The van der Waals surface area contributed by atoms with Crippen LogP contribution in [0.3, 0.4) is 0 Å². The quantitative estimate of drug-likeness (QED) is 0.598. The minimum atomic E-state index is -0.806. The normalized spacial score (nSPS) is 58.6. The van der Waals surface area contributed by atoms with Gasteiger partial charge in [-0.25, -0.2) is 0 Å². The average molecular weight is 393 g/mol. The first-order chi connectivity index (χ1) is 13.1. The zero-order valence-corrected chi connectivity index (χ0v) is 17.3. The lowest BCUT2D eigenvalue weighted by Crippen LogP contribution is -2.67. The van der Waals surface area contributed by atoms with Crippen LogP contribution >= 0.6 is 0 Å². The van der Waals surface area contributed by atoms with Crippen molar-refractivity contribution < 1.29 is 24.9 Å². The van der Waals surface area contributed by atoms with Crippen molar-refractivity contribution in [3.63, 3.8) is 0 Å². The van der Waals surface area contributed by atoms with E-state index in [4.69, 9.17) is 4.74 Å². The van der Waals surface area contributed by atoms with Crippen LogP contribution in [0.25, 0.3) is 0 Å². The van der Waals surface area contributed by atoms with Gasteiger partial charge in [-0.3, -0.25) is 4.79 Å². The monoisotopic (exact) mass is 392 g/mol. The molecule has 0 aromatic heterocycles. The SMILES string of the molecule is C[C@]12CC[C@H](O)C[C@@]1(O)CC[C@@H]1[C@@H]2CC[C@]2(C)[C@@H]([C@@H]3COC(=O)C3)CC[C@]12O. The Kier molecular flexibility index (Phi) is 4.11. The fourth-order valence-corrected chi connectivity index (χ4v) is 8.79. The van der Waals surface area contributed by atoms with Crippen molar-refractivity contribution in [2.24, 2.45) is 34.5 Å². The Morgan fingerprint density at radius 1 is 0.893 bits per heavy atom. The molecular weight excluding hydrogens is 356 g/mol. The van der Waals surface area contributed by atoms with Crippen molar-refractivity contribution in [3.05, 3.63) is 0 Å². The summed E-state index contributed by atoms with van der Waals surface area (Å²) >= 11 is 0. The van der Waals surface area contributed by atoms with Gasteiger partial charge in [0.1, 0.15) is 0 Å². The Labute approximate surface area is 167 Å². The molecule has 9 atom stereocenters. The first-order valence-corrected chi connectivity index (χ1v) is 11.4. The molecule has 158 valence electrons. The summed E-state index contributed by atoms with van der Waals surface area (Å²) in [4.78, 5) is 11.7. The van der Waals surface area contributed by atoms with E-state index >= 15 is 0 Å². The minimum Gasteiger partial charge on any atom is -0.465 e. The summed E-state index contributed by atoms with van der Waals surface area (Å²) in [7, 11) is 0. The second kappa shape index (κ2) is 5.95. The van der Waals surface area contributed by atoms with Crippen LogP contribution in [0.4, 0.5) is 0 Å². The summed E-state index contributed by atoms with van der Waals surface area (Å²) in [6.07, 6.45) is 7.43. The van der Waals surface area contributed by atoms with Gasteiger partial charge in [-0.05, 0) is 80.0 Å². The topological polar surface area (TPSA) is 87.0 Å². The van der Waals surface area contributed by atoms with Gasteiger partial charge >= 0.3 is 5.97 Å². The van der Waals surface area contributed by atoms with E-state index < -0.39 is 17.3 Å². The molecule has 5 aliphatic rings. The van der Waals surface area contributed by atoms with Crippen molar-refractivity contribution >= 4 is 5.97 Å². The highest BCUT2D eigenvalue weighted by Gasteiger charge is 2.70. The third-order valence-electron chi connectivity index (χ3n) is 10.5. The number of rotatable bonds is 1. The summed E-state index contributed by atoms with van der Waals surface area (Å²) in [5.41, 5.74) is -1.92. The first-order valence-electron chi connectivity index (χ1n) is 11.4. The maximum absolute atomic E-state index is 12.1. The molecule has 0 aromatic rings. The van der Waals surface area contributed by atoms with E-state index in [0.29, 0.717) is 37.7 Å². The Hall–Kier alpha value is -0.650. The lowest BCUT2D eigenvalue weighted by atomic mass is 9.41. The van der Waals surface area contributed by atoms with E-state index in [1.807, 2.05) is 0 Å². The number of aliphatic hydroxyl groups excluding tert-OH is 1. The molecule has 0 spiro atoms. The Bertz CT molecular complexity index is 680. The molecule has 1 aliphatic heterocycles. The molecule has 1 saturated heterocycles. The van der Waals surface area contributed by atoms with E-state index in [1.165, 1.54) is 0 Å². The van der Waals surface area contributed by atoms with E-state index in [0.717, 1.165) is 44.9 Å². The van der Waals surface area contributed by atoms with E-state index in [9.17, 15) is 20.1 Å². The van der Waals surface area contributed by atoms with Gasteiger partial charge < -0.3 is 20.1 Å². The molecule has 0 radical (unpaired) electrons. The Morgan fingerprint density at radius 3 is 2.29 bits per heavy atom. The highest BCUT2D eigenvalue weighted by molar-refractivity contribution is 5.71. The third kappa shape index (κ3) is 2.27. The molecule has 3 N–H and O–H groups in total. The summed E-state index contributed by atoms with van der Waals surface area (Å²) < 4.78 is 5.27. The minimum absolute atomic E-state index is 0.0891. The highest BCUT2D eigenvalue weighted by Crippen LogP contribution is 2.70. The number of ether oxygens (including phenoxy) is 1. The molecule has 4 aliphatic carbocycles. The smallest absolute Gasteiger partial charge is 0.306 e. The molecule has 0 unspecified atom stereocenters. The highest BCUT2D eigenvalue weighted by atomic mass is 16.5. The van der Waals surface area contributed by atoms with Crippen molar-refractivity contribution in [1.29, 1.82) is 0 Å². The average Bonchev–Trinajstić information content (AvgIpc) is 3.17. The van der Waals surface area contributed by atoms with Crippen LogP contribution in [-0.4, -0.2) is 45.2 Å². The standard InChI is InChI=1S/C23H36O5/c1-20-7-3-15(24)12-22(20,26)9-5-18-17(20)4-8-21(2)16(6-10-23(18,21)27)14-11-19(25)28-13-14/h14-18,24,26-27H,3-13H2,1-2H3/t14-,15-,16+,17-,18+,20+,21+,22-,23-/m0/s1. The zero-order valence-electron chi connectivity index (χ0n) is 17.3. The molecule has 5 nitrogen and oxygen atoms in total.